The smallest absolute Gasteiger partial charge is 0.207 e. The van der Waals surface area contributed by atoms with Gasteiger partial charge in [-0.2, -0.15) is 0 Å². The van der Waals surface area contributed by atoms with Gasteiger partial charge in [-0.05, 0) is 25.0 Å². The fourth-order valence-electron chi connectivity index (χ4n) is 2.95. The fraction of sp³-hybridized carbons (Fsp3) is 0.438. The minimum atomic E-state index is -0.312. The SMILES string of the molecule is COc1cc(F)ccc1Nc1nccn1C1CCCCC1. The summed E-state index contributed by atoms with van der Waals surface area (Å²) < 4.78 is 20.7. The Labute approximate surface area is 124 Å². The molecule has 0 bridgehead atoms. The van der Waals surface area contributed by atoms with Crippen molar-refractivity contribution >= 4 is 11.6 Å². The third-order valence-electron chi connectivity index (χ3n) is 4.05. The number of hydrogen-bond donors (Lipinski definition) is 1. The predicted molar refractivity (Wildman–Crippen MR) is 80.6 cm³/mol. The standard InChI is InChI=1S/C16H20FN3O/c1-21-15-11-12(17)7-8-14(15)19-16-18-9-10-20(16)13-5-3-2-4-6-13/h7-11,13H,2-6H2,1H3,(H,18,19). The highest BCUT2D eigenvalue weighted by molar-refractivity contribution is 5.62. The van der Waals surface area contributed by atoms with Crippen molar-refractivity contribution in [2.75, 3.05) is 12.4 Å². The highest BCUT2D eigenvalue weighted by Crippen LogP contribution is 2.33. The highest BCUT2D eigenvalue weighted by atomic mass is 19.1. The van der Waals surface area contributed by atoms with Crippen molar-refractivity contribution in [1.29, 1.82) is 0 Å². The van der Waals surface area contributed by atoms with E-state index >= 15 is 0 Å². The van der Waals surface area contributed by atoms with Crippen LogP contribution < -0.4 is 10.1 Å². The Balaban J connectivity index is 1.84. The molecule has 0 atom stereocenters. The van der Waals surface area contributed by atoms with Gasteiger partial charge < -0.3 is 14.6 Å². The lowest BCUT2D eigenvalue weighted by atomic mass is 9.95. The summed E-state index contributed by atoms with van der Waals surface area (Å²) >= 11 is 0. The summed E-state index contributed by atoms with van der Waals surface area (Å²) in [7, 11) is 1.54. The van der Waals surface area contributed by atoms with E-state index in [-0.39, 0.29) is 5.82 Å². The van der Waals surface area contributed by atoms with Gasteiger partial charge in [0, 0.05) is 24.5 Å². The molecule has 0 radical (unpaired) electrons. The van der Waals surface area contributed by atoms with Crippen LogP contribution in [0.15, 0.2) is 30.6 Å². The fourth-order valence-corrected chi connectivity index (χ4v) is 2.95. The molecule has 4 nitrogen and oxygen atoms in total. The minimum absolute atomic E-state index is 0.312. The van der Waals surface area contributed by atoms with Crippen LogP contribution in [0.1, 0.15) is 38.1 Å². The monoisotopic (exact) mass is 289 g/mol. The zero-order valence-electron chi connectivity index (χ0n) is 12.2. The summed E-state index contributed by atoms with van der Waals surface area (Å²) in [5.74, 6) is 0.952. The first-order valence-corrected chi connectivity index (χ1v) is 7.41. The van der Waals surface area contributed by atoms with Gasteiger partial charge in [0.2, 0.25) is 5.95 Å². The molecule has 0 saturated heterocycles. The van der Waals surface area contributed by atoms with Gasteiger partial charge in [-0.1, -0.05) is 19.3 Å². The van der Waals surface area contributed by atoms with E-state index in [4.69, 9.17) is 4.74 Å². The molecule has 1 heterocycles. The molecule has 5 heteroatoms. The molecule has 1 aliphatic rings. The van der Waals surface area contributed by atoms with Gasteiger partial charge >= 0.3 is 0 Å². The Morgan fingerprint density at radius 1 is 1.29 bits per heavy atom. The van der Waals surface area contributed by atoms with Crippen LogP contribution in [-0.2, 0) is 0 Å². The van der Waals surface area contributed by atoms with Gasteiger partial charge in [0.25, 0.3) is 0 Å². The van der Waals surface area contributed by atoms with Crippen LogP contribution >= 0.6 is 0 Å². The lowest BCUT2D eigenvalue weighted by Crippen LogP contribution is -2.14. The van der Waals surface area contributed by atoms with E-state index in [9.17, 15) is 4.39 Å². The predicted octanol–water partition coefficient (Wildman–Crippen LogP) is 4.28. The second kappa shape index (κ2) is 6.16. The first kappa shape index (κ1) is 13.9. The highest BCUT2D eigenvalue weighted by Gasteiger charge is 2.18. The number of aromatic nitrogens is 2. The summed E-state index contributed by atoms with van der Waals surface area (Å²) in [5, 5.41) is 3.26. The van der Waals surface area contributed by atoms with Crippen LogP contribution in [0.25, 0.3) is 0 Å². The Bertz CT molecular complexity index is 605. The summed E-state index contributed by atoms with van der Waals surface area (Å²) in [6.07, 6.45) is 10.0. The molecule has 2 aromatic rings. The Hall–Kier alpha value is -2.04. The van der Waals surface area contributed by atoms with Crippen LogP contribution in [0, 0.1) is 5.82 Å². The second-order valence-corrected chi connectivity index (χ2v) is 5.42. The second-order valence-electron chi connectivity index (χ2n) is 5.42. The Morgan fingerprint density at radius 3 is 2.86 bits per heavy atom. The lowest BCUT2D eigenvalue weighted by Gasteiger charge is -2.25. The van der Waals surface area contributed by atoms with Crippen LogP contribution in [0.2, 0.25) is 0 Å². The summed E-state index contributed by atoms with van der Waals surface area (Å²) in [6, 6.07) is 4.96. The van der Waals surface area contributed by atoms with Crippen LogP contribution in [0.3, 0.4) is 0 Å². The molecule has 1 aromatic heterocycles. The molecule has 112 valence electrons. The lowest BCUT2D eigenvalue weighted by molar-refractivity contribution is 0.356. The average molecular weight is 289 g/mol. The number of imidazole rings is 1. The molecule has 0 spiro atoms. The maximum atomic E-state index is 13.3. The third kappa shape index (κ3) is 3.01. The number of hydrogen-bond acceptors (Lipinski definition) is 3. The van der Waals surface area contributed by atoms with Crippen LogP contribution in [0.4, 0.5) is 16.0 Å². The summed E-state index contributed by atoms with van der Waals surface area (Å²) in [4.78, 5) is 4.39. The zero-order chi connectivity index (χ0) is 14.7. The maximum absolute atomic E-state index is 13.3. The van der Waals surface area contributed by atoms with Crippen LogP contribution in [-0.4, -0.2) is 16.7 Å². The van der Waals surface area contributed by atoms with E-state index in [0.29, 0.717) is 11.8 Å². The zero-order valence-corrected chi connectivity index (χ0v) is 12.2. The summed E-state index contributed by atoms with van der Waals surface area (Å²) in [5.41, 5.74) is 0.724. The number of nitrogens with one attached hydrogen (secondary N) is 1. The largest absolute Gasteiger partial charge is 0.494 e. The third-order valence-corrected chi connectivity index (χ3v) is 4.05. The van der Waals surface area contributed by atoms with Crippen molar-refractivity contribution < 1.29 is 9.13 Å². The molecule has 0 amide bonds. The Kier molecular flexibility index (Phi) is 4.08. The van der Waals surface area contributed by atoms with Crippen molar-refractivity contribution in [2.24, 2.45) is 0 Å². The molecule has 1 fully saturated rings. The first-order valence-electron chi connectivity index (χ1n) is 7.41. The van der Waals surface area contributed by atoms with Crippen molar-refractivity contribution in [3.8, 4) is 5.75 Å². The topological polar surface area (TPSA) is 39.1 Å². The molecule has 1 N–H and O–H groups in total. The van der Waals surface area contributed by atoms with Gasteiger partial charge in [-0.25, -0.2) is 9.37 Å². The molecule has 1 aliphatic carbocycles. The Morgan fingerprint density at radius 2 is 2.10 bits per heavy atom. The molecule has 1 saturated carbocycles. The van der Waals surface area contributed by atoms with E-state index in [1.165, 1.54) is 51.3 Å². The van der Waals surface area contributed by atoms with Crippen molar-refractivity contribution in [3.05, 3.63) is 36.4 Å². The molecule has 1 aromatic carbocycles. The van der Waals surface area contributed by atoms with E-state index in [1.54, 1.807) is 12.3 Å². The first-order chi connectivity index (χ1) is 10.3. The number of ether oxygens (including phenoxy) is 1. The molecule has 21 heavy (non-hydrogen) atoms. The number of benzene rings is 1. The van der Waals surface area contributed by atoms with Crippen molar-refractivity contribution in [3.63, 3.8) is 0 Å². The van der Waals surface area contributed by atoms with E-state index in [1.807, 2.05) is 6.20 Å². The number of halogens is 1. The van der Waals surface area contributed by atoms with E-state index in [0.717, 1.165) is 11.6 Å². The molecule has 0 aliphatic heterocycles. The van der Waals surface area contributed by atoms with Gasteiger partial charge in [0.15, 0.2) is 0 Å². The van der Waals surface area contributed by atoms with Gasteiger partial charge in [-0.3, -0.25) is 0 Å². The molecular weight excluding hydrogens is 269 g/mol. The van der Waals surface area contributed by atoms with Crippen molar-refractivity contribution in [1.82, 2.24) is 9.55 Å². The van der Waals surface area contributed by atoms with E-state index < -0.39 is 0 Å². The quantitative estimate of drug-likeness (QED) is 0.913. The molecular formula is C16H20FN3O. The maximum Gasteiger partial charge on any atom is 0.207 e. The minimum Gasteiger partial charge on any atom is -0.494 e. The summed E-state index contributed by atoms with van der Waals surface area (Å²) in [6.45, 7) is 0. The van der Waals surface area contributed by atoms with Gasteiger partial charge in [0.05, 0.1) is 12.8 Å². The average Bonchev–Trinajstić information content (AvgIpc) is 2.98. The number of methoxy groups -OCH3 is 1. The van der Waals surface area contributed by atoms with Gasteiger partial charge in [-0.15, -0.1) is 0 Å². The van der Waals surface area contributed by atoms with Crippen LogP contribution in [0.5, 0.6) is 5.75 Å². The number of nitrogens with zero attached hydrogens (tertiary/aromatic N) is 2. The number of anilines is 2. The molecule has 0 unspecified atom stereocenters. The molecule has 3 rings (SSSR count). The van der Waals surface area contributed by atoms with E-state index in [2.05, 4.69) is 14.9 Å². The normalized spacial score (nSPS) is 15.9. The number of rotatable bonds is 4. The van der Waals surface area contributed by atoms with Gasteiger partial charge in [0.1, 0.15) is 11.6 Å². The van der Waals surface area contributed by atoms with Crippen molar-refractivity contribution in [2.45, 2.75) is 38.1 Å².